The minimum atomic E-state index is 0.304. The quantitative estimate of drug-likeness (QED) is 0.733. The van der Waals surface area contributed by atoms with Crippen LogP contribution in [-0.2, 0) is 0 Å². The van der Waals surface area contributed by atoms with Gasteiger partial charge in [0.1, 0.15) is 5.75 Å². The van der Waals surface area contributed by atoms with Crippen molar-refractivity contribution in [2.45, 2.75) is 4.90 Å². The fourth-order valence-electron chi connectivity index (χ4n) is 0.666. The fraction of sp³-hybridized carbons (Fsp3) is 0.143. The van der Waals surface area contributed by atoms with Crippen molar-refractivity contribution < 1.29 is 5.11 Å². The van der Waals surface area contributed by atoms with Crippen molar-refractivity contribution in [2.24, 2.45) is 0 Å². The maximum Gasteiger partial charge on any atom is 0.117 e. The standard InChI is InChI=1S/C7H7BrOS/c1-10-7-3-5(8)2-6(9)4-7/h2-4,9H,1H3. The Bertz CT molecular complexity index is 217. The van der Waals surface area contributed by atoms with Gasteiger partial charge in [0.15, 0.2) is 0 Å². The maximum absolute atomic E-state index is 9.08. The molecule has 0 saturated heterocycles. The highest BCUT2D eigenvalue weighted by atomic mass is 79.9. The maximum atomic E-state index is 9.08. The summed E-state index contributed by atoms with van der Waals surface area (Å²) in [4.78, 5) is 1.06. The number of hydrogen-bond acceptors (Lipinski definition) is 2. The van der Waals surface area contributed by atoms with E-state index in [4.69, 9.17) is 5.11 Å². The molecule has 0 unspecified atom stereocenters. The molecule has 1 aromatic rings. The third-order valence-corrected chi connectivity index (χ3v) is 2.26. The summed E-state index contributed by atoms with van der Waals surface area (Å²) in [6.45, 7) is 0. The molecule has 0 bridgehead atoms. The first-order valence-corrected chi connectivity index (χ1v) is 4.77. The van der Waals surface area contributed by atoms with Gasteiger partial charge in [0, 0.05) is 9.37 Å². The van der Waals surface area contributed by atoms with Gasteiger partial charge in [-0.1, -0.05) is 15.9 Å². The molecule has 0 aliphatic rings. The van der Waals surface area contributed by atoms with Gasteiger partial charge in [0.25, 0.3) is 0 Å². The number of hydrogen-bond donors (Lipinski definition) is 1. The molecule has 1 N–H and O–H groups in total. The SMILES string of the molecule is CSc1cc(O)cc(Br)c1. The second-order valence-corrected chi connectivity index (χ2v) is 3.64. The van der Waals surface area contributed by atoms with E-state index in [1.54, 1.807) is 23.9 Å². The first-order valence-electron chi connectivity index (χ1n) is 2.76. The number of halogens is 1. The zero-order valence-electron chi connectivity index (χ0n) is 5.47. The van der Waals surface area contributed by atoms with E-state index in [2.05, 4.69) is 15.9 Å². The van der Waals surface area contributed by atoms with Crippen LogP contribution in [0.25, 0.3) is 0 Å². The van der Waals surface area contributed by atoms with Crippen LogP contribution in [-0.4, -0.2) is 11.4 Å². The van der Waals surface area contributed by atoms with E-state index < -0.39 is 0 Å². The summed E-state index contributed by atoms with van der Waals surface area (Å²) in [5.74, 6) is 0.304. The van der Waals surface area contributed by atoms with E-state index >= 15 is 0 Å². The molecular formula is C7H7BrOS. The predicted octanol–water partition coefficient (Wildman–Crippen LogP) is 2.88. The Labute approximate surface area is 72.6 Å². The minimum Gasteiger partial charge on any atom is -0.508 e. The lowest BCUT2D eigenvalue weighted by Gasteiger charge is -1.97. The molecule has 0 atom stereocenters. The summed E-state index contributed by atoms with van der Waals surface area (Å²) in [6, 6.07) is 5.36. The molecule has 0 aliphatic carbocycles. The molecule has 0 saturated carbocycles. The molecule has 54 valence electrons. The van der Waals surface area contributed by atoms with Gasteiger partial charge in [-0.15, -0.1) is 11.8 Å². The highest BCUT2D eigenvalue weighted by Gasteiger charge is 1.94. The van der Waals surface area contributed by atoms with Gasteiger partial charge in [-0.05, 0) is 24.5 Å². The third kappa shape index (κ3) is 1.92. The van der Waals surface area contributed by atoms with Crippen molar-refractivity contribution in [3.8, 4) is 5.75 Å². The molecule has 0 fully saturated rings. The van der Waals surface area contributed by atoms with E-state index in [-0.39, 0.29) is 0 Å². The number of aromatic hydroxyl groups is 1. The van der Waals surface area contributed by atoms with E-state index in [1.807, 2.05) is 12.3 Å². The van der Waals surface area contributed by atoms with Crippen molar-refractivity contribution in [1.29, 1.82) is 0 Å². The van der Waals surface area contributed by atoms with Crippen molar-refractivity contribution >= 4 is 27.7 Å². The highest BCUT2D eigenvalue weighted by Crippen LogP contribution is 2.25. The van der Waals surface area contributed by atoms with Gasteiger partial charge in [0.05, 0.1) is 0 Å². The van der Waals surface area contributed by atoms with Crippen molar-refractivity contribution in [3.05, 3.63) is 22.7 Å². The zero-order chi connectivity index (χ0) is 7.56. The van der Waals surface area contributed by atoms with Gasteiger partial charge in [0.2, 0.25) is 0 Å². The summed E-state index contributed by atoms with van der Waals surface area (Å²) < 4.78 is 0.914. The monoisotopic (exact) mass is 218 g/mol. The first kappa shape index (κ1) is 7.95. The summed E-state index contributed by atoms with van der Waals surface area (Å²) in [7, 11) is 0. The van der Waals surface area contributed by atoms with Crippen LogP contribution >= 0.6 is 27.7 Å². The average molecular weight is 219 g/mol. The van der Waals surface area contributed by atoms with Crippen LogP contribution in [0.4, 0.5) is 0 Å². The lowest BCUT2D eigenvalue weighted by atomic mass is 10.3. The van der Waals surface area contributed by atoms with E-state index in [1.165, 1.54) is 0 Å². The minimum absolute atomic E-state index is 0.304. The van der Waals surface area contributed by atoms with E-state index in [0.717, 1.165) is 9.37 Å². The molecule has 0 aromatic heterocycles. The van der Waals surface area contributed by atoms with Gasteiger partial charge < -0.3 is 5.11 Å². The molecule has 0 aliphatic heterocycles. The Morgan fingerprint density at radius 2 is 2.10 bits per heavy atom. The number of rotatable bonds is 1. The number of thioether (sulfide) groups is 1. The Morgan fingerprint density at radius 1 is 1.40 bits per heavy atom. The molecule has 10 heavy (non-hydrogen) atoms. The Morgan fingerprint density at radius 3 is 2.60 bits per heavy atom. The highest BCUT2D eigenvalue weighted by molar-refractivity contribution is 9.10. The summed E-state index contributed by atoms with van der Waals surface area (Å²) >= 11 is 4.89. The molecule has 1 nitrogen and oxygen atoms in total. The number of benzene rings is 1. The molecule has 3 heteroatoms. The van der Waals surface area contributed by atoms with Crippen LogP contribution in [0.5, 0.6) is 5.75 Å². The van der Waals surface area contributed by atoms with Crippen LogP contribution < -0.4 is 0 Å². The predicted molar refractivity (Wildman–Crippen MR) is 47.6 cm³/mol. The average Bonchev–Trinajstić information content (AvgIpc) is 1.85. The molecule has 0 heterocycles. The van der Waals surface area contributed by atoms with E-state index in [9.17, 15) is 0 Å². The lowest BCUT2D eigenvalue weighted by Crippen LogP contribution is -1.70. The topological polar surface area (TPSA) is 20.2 Å². The fourth-order valence-corrected chi connectivity index (χ4v) is 1.78. The molecular weight excluding hydrogens is 212 g/mol. The third-order valence-electron chi connectivity index (χ3n) is 1.09. The Balaban J connectivity index is 3.06. The van der Waals surface area contributed by atoms with Crippen LogP contribution in [0.3, 0.4) is 0 Å². The van der Waals surface area contributed by atoms with Gasteiger partial charge in [-0.3, -0.25) is 0 Å². The Hall–Kier alpha value is -0.150. The number of phenolic OH excluding ortho intramolecular Hbond substituents is 1. The Kier molecular flexibility index (Phi) is 2.63. The smallest absolute Gasteiger partial charge is 0.117 e. The molecule has 0 spiro atoms. The molecule has 0 amide bonds. The second kappa shape index (κ2) is 3.30. The lowest BCUT2D eigenvalue weighted by molar-refractivity contribution is 0.473. The van der Waals surface area contributed by atoms with Crippen molar-refractivity contribution in [2.75, 3.05) is 6.26 Å². The van der Waals surface area contributed by atoms with Crippen molar-refractivity contribution in [3.63, 3.8) is 0 Å². The van der Waals surface area contributed by atoms with Gasteiger partial charge in [-0.2, -0.15) is 0 Å². The van der Waals surface area contributed by atoms with E-state index in [0.29, 0.717) is 5.75 Å². The van der Waals surface area contributed by atoms with Gasteiger partial charge >= 0.3 is 0 Å². The zero-order valence-corrected chi connectivity index (χ0v) is 7.87. The number of phenols is 1. The molecule has 0 radical (unpaired) electrons. The van der Waals surface area contributed by atoms with Crippen molar-refractivity contribution in [1.82, 2.24) is 0 Å². The summed E-state index contributed by atoms with van der Waals surface area (Å²) in [6.07, 6.45) is 1.97. The summed E-state index contributed by atoms with van der Waals surface area (Å²) in [5, 5.41) is 9.08. The summed E-state index contributed by atoms with van der Waals surface area (Å²) in [5.41, 5.74) is 0. The first-order chi connectivity index (χ1) is 4.72. The van der Waals surface area contributed by atoms with Crippen LogP contribution in [0.2, 0.25) is 0 Å². The second-order valence-electron chi connectivity index (χ2n) is 1.85. The normalized spacial score (nSPS) is 9.80. The van der Waals surface area contributed by atoms with Gasteiger partial charge in [-0.25, -0.2) is 0 Å². The molecule has 1 rings (SSSR count). The molecule has 1 aromatic carbocycles. The van der Waals surface area contributed by atoms with Crippen LogP contribution in [0.1, 0.15) is 0 Å². The van der Waals surface area contributed by atoms with Crippen LogP contribution in [0, 0.1) is 0 Å². The largest absolute Gasteiger partial charge is 0.508 e. The van der Waals surface area contributed by atoms with Crippen LogP contribution in [0.15, 0.2) is 27.6 Å².